The summed E-state index contributed by atoms with van der Waals surface area (Å²) < 4.78 is 2.21. The van der Waals surface area contributed by atoms with Gasteiger partial charge in [0.2, 0.25) is 0 Å². The number of non-ortho nitro benzene ring substituents is 1. The number of oxime groups is 1. The molecule has 0 aliphatic heterocycles. The van der Waals surface area contributed by atoms with Gasteiger partial charge in [0.1, 0.15) is 6.61 Å². The van der Waals surface area contributed by atoms with Crippen molar-refractivity contribution in [2.45, 2.75) is 34.3 Å². The molecule has 0 aliphatic rings. The first-order valence-electron chi connectivity index (χ1n) is 9.02. The van der Waals surface area contributed by atoms with Crippen molar-refractivity contribution in [3.8, 4) is 5.69 Å². The van der Waals surface area contributed by atoms with Gasteiger partial charge in [-0.2, -0.15) is 0 Å². The molecule has 6 nitrogen and oxygen atoms in total. The van der Waals surface area contributed by atoms with Crippen LogP contribution in [0.4, 0.5) is 5.69 Å². The molecular formula is C22H23N3O3. The summed E-state index contributed by atoms with van der Waals surface area (Å²) in [5.74, 6) is 0. The quantitative estimate of drug-likeness (QED) is 0.338. The molecule has 0 amide bonds. The molecule has 0 N–H and O–H groups in total. The maximum Gasteiger partial charge on any atom is 0.269 e. The van der Waals surface area contributed by atoms with Crippen LogP contribution in [-0.4, -0.2) is 15.7 Å². The number of nitro benzene ring substituents is 1. The van der Waals surface area contributed by atoms with E-state index in [4.69, 9.17) is 4.84 Å². The third-order valence-corrected chi connectivity index (χ3v) is 4.68. The van der Waals surface area contributed by atoms with E-state index in [2.05, 4.69) is 54.8 Å². The summed E-state index contributed by atoms with van der Waals surface area (Å²) >= 11 is 0. The first-order chi connectivity index (χ1) is 13.4. The van der Waals surface area contributed by atoms with Crippen molar-refractivity contribution < 1.29 is 9.76 Å². The Morgan fingerprint density at radius 3 is 2.61 bits per heavy atom. The van der Waals surface area contributed by atoms with Crippen LogP contribution in [0.2, 0.25) is 0 Å². The average molecular weight is 377 g/mol. The predicted molar refractivity (Wildman–Crippen MR) is 110 cm³/mol. The van der Waals surface area contributed by atoms with Gasteiger partial charge in [-0.05, 0) is 51.0 Å². The van der Waals surface area contributed by atoms with Crippen molar-refractivity contribution in [3.05, 3.63) is 92.3 Å². The Morgan fingerprint density at radius 1 is 1.11 bits per heavy atom. The highest BCUT2D eigenvalue weighted by Crippen LogP contribution is 2.23. The van der Waals surface area contributed by atoms with Crippen molar-refractivity contribution in [1.82, 2.24) is 4.57 Å². The molecule has 0 fully saturated rings. The molecule has 1 aromatic heterocycles. The number of hydrogen-bond donors (Lipinski definition) is 0. The van der Waals surface area contributed by atoms with E-state index in [1.165, 1.54) is 23.3 Å². The van der Waals surface area contributed by atoms with Crippen molar-refractivity contribution in [2.24, 2.45) is 5.16 Å². The summed E-state index contributed by atoms with van der Waals surface area (Å²) in [7, 11) is 0. The largest absolute Gasteiger partial charge is 0.391 e. The zero-order chi connectivity index (χ0) is 20.3. The Labute approximate surface area is 164 Å². The number of nitrogens with zero attached hydrogens (tertiary/aromatic N) is 3. The van der Waals surface area contributed by atoms with Gasteiger partial charge in [-0.1, -0.05) is 35.0 Å². The molecule has 3 rings (SSSR count). The fourth-order valence-electron chi connectivity index (χ4n) is 3.31. The molecule has 0 bridgehead atoms. The molecule has 0 spiro atoms. The van der Waals surface area contributed by atoms with E-state index in [1.54, 1.807) is 18.3 Å². The van der Waals surface area contributed by atoms with Gasteiger partial charge in [0, 0.05) is 34.8 Å². The topological polar surface area (TPSA) is 69.7 Å². The van der Waals surface area contributed by atoms with Crippen molar-refractivity contribution in [2.75, 3.05) is 0 Å². The molecule has 0 unspecified atom stereocenters. The zero-order valence-electron chi connectivity index (χ0n) is 16.5. The lowest BCUT2D eigenvalue weighted by molar-refractivity contribution is -0.384. The Morgan fingerprint density at radius 2 is 1.89 bits per heavy atom. The summed E-state index contributed by atoms with van der Waals surface area (Å²) in [6.07, 6.45) is 1.68. The predicted octanol–water partition coefficient (Wildman–Crippen LogP) is 5.17. The van der Waals surface area contributed by atoms with Gasteiger partial charge in [0.05, 0.1) is 11.1 Å². The van der Waals surface area contributed by atoms with Crippen LogP contribution in [0, 0.1) is 37.8 Å². The van der Waals surface area contributed by atoms with Crippen molar-refractivity contribution in [1.29, 1.82) is 0 Å². The maximum absolute atomic E-state index is 10.8. The average Bonchev–Trinajstić information content (AvgIpc) is 2.93. The minimum absolute atomic E-state index is 0.0436. The normalized spacial score (nSPS) is 11.1. The molecule has 6 heteroatoms. The van der Waals surface area contributed by atoms with Gasteiger partial charge in [-0.3, -0.25) is 10.1 Å². The minimum atomic E-state index is -0.422. The van der Waals surface area contributed by atoms with Crippen LogP contribution in [0.3, 0.4) is 0 Å². The zero-order valence-corrected chi connectivity index (χ0v) is 16.5. The maximum atomic E-state index is 10.8. The van der Waals surface area contributed by atoms with Gasteiger partial charge in [0.15, 0.2) is 0 Å². The van der Waals surface area contributed by atoms with E-state index in [9.17, 15) is 10.1 Å². The lowest BCUT2D eigenvalue weighted by atomic mass is 10.1. The SMILES string of the molecule is Cc1ccc(-n2c(C)cc(/C=N\OCc3cccc([N+](=O)[O-])c3)c2C)c(C)c1. The first-order valence-corrected chi connectivity index (χ1v) is 9.02. The Bertz CT molecular complexity index is 1050. The highest BCUT2D eigenvalue weighted by Gasteiger charge is 2.11. The Hall–Kier alpha value is -3.41. The second-order valence-corrected chi connectivity index (χ2v) is 6.89. The molecule has 144 valence electrons. The molecule has 0 atom stereocenters. The van der Waals surface area contributed by atoms with E-state index in [0.717, 1.165) is 22.6 Å². The summed E-state index contributed by atoms with van der Waals surface area (Å²) in [6.45, 7) is 8.48. The molecule has 3 aromatic rings. The van der Waals surface area contributed by atoms with E-state index in [1.807, 2.05) is 6.92 Å². The van der Waals surface area contributed by atoms with E-state index >= 15 is 0 Å². The third-order valence-electron chi connectivity index (χ3n) is 4.68. The van der Waals surface area contributed by atoms with Crippen LogP contribution in [0.1, 0.15) is 33.6 Å². The summed E-state index contributed by atoms with van der Waals surface area (Å²) in [5, 5.41) is 14.9. The number of rotatable bonds is 6. The fourth-order valence-corrected chi connectivity index (χ4v) is 3.31. The second kappa shape index (κ2) is 8.08. The molecule has 2 aromatic carbocycles. The number of aryl methyl sites for hydroxylation is 3. The number of aromatic nitrogens is 1. The van der Waals surface area contributed by atoms with Crippen LogP contribution in [0.25, 0.3) is 5.69 Å². The van der Waals surface area contributed by atoms with E-state index < -0.39 is 4.92 Å². The molecule has 1 heterocycles. The smallest absolute Gasteiger partial charge is 0.269 e. The number of benzene rings is 2. The summed E-state index contributed by atoms with van der Waals surface area (Å²) in [6, 6.07) is 14.8. The van der Waals surface area contributed by atoms with Crippen molar-refractivity contribution >= 4 is 11.9 Å². The van der Waals surface area contributed by atoms with E-state index in [0.29, 0.717) is 5.56 Å². The molecule has 0 radical (unpaired) electrons. The molecular weight excluding hydrogens is 354 g/mol. The second-order valence-electron chi connectivity index (χ2n) is 6.89. The highest BCUT2D eigenvalue weighted by atomic mass is 16.6. The lowest BCUT2D eigenvalue weighted by Crippen LogP contribution is -2.02. The first kappa shape index (κ1) is 19.4. The van der Waals surface area contributed by atoms with Gasteiger partial charge >= 0.3 is 0 Å². The Balaban J connectivity index is 1.75. The van der Waals surface area contributed by atoms with Crippen LogP contribution in [0.15, 0.2) is 53.7 Å². The van der Waals surface area contributed by atoms with Crippen molar-refractivity contribution in [3.63, 3.8) is 0 Å². The monoisotopic (exact) mass is 377 g/mol. The van der Waals surface area contributed by atoms with Gasteiger partial charge in [-0.25, -0.2) is 0 Å². The standard InChI is InChI=1S/C22H23N3O3/c1-15-8-9-22(16(2)10-15)24-17(3)11-20(18(24)4)13-23-28-14-19-6-5-7-21(12-19)25(26)27/h5-13H,14H2,1-4H3/b23-13-. The third kappa shape index (κ3) is 4.11. The van der Waals surface area contributed by atoms with Crippen LogP contribution in [-0.2, 0) is 11.4 Å². The fraction of sp³-hybridized carbons (Fsp3) is 0.227. The van der Waals surface area contributed by atoms with E-state index in [-0.39, 0.29) is 12.3 Å². The molecule has 0 saturated heterocycles. The molecule has 28 heavy (non-hydrogen) atoms. The minimum Gasteiger partial charge on any atom is -0.391 e. The van der Waals surface area contributed by atoms with Crippen LogP contribution >= 0.6 is 0 Å². The summed E-state index contributed by atoms with van der Waals surface area (Å²) in [4.78, 5) is 15.8. The summed E-state index contributed by atoms with van der Waals surface area (Å²) in [5.41, 5.74) is 7.51. The molecule has 0 saturated carbocycles. The molecule has 0 aliphatic carbocycles. The highest BCUT2D eigenvalue weighted by molar-refractivity contribution is 5.81. The van der Waals surface area contributed by atoms with Gasteiger partial charge < -0.3 is 9.40 Å². The Kier molecular flexibility index (Phi) is 5.59. The lowest BCUT2D eigenvalue weighted by Gasteiger charge is -2.13. The number of nitro groups is 1. The number of hydrogen-bond acceptors (Lipinski definition) is 4. The van der Waals surface area contributed by atoms with Gasteiger partial charge in [-0.15, -0.1) is 0 Å². The van der Waals surface area contributed by atoms with Gasteiger partial charge in [0.25, 0.3) is 5.69 Å². The van der Waals surface area contributed by atoms with Crippen LogP contribution in [0.5, 0.6) is 0 Å². The van der Waals surface area contributed by atoms with Crippen LogP contribution < -0.4 is 0 Å².